The summed E-state index contributed by atoms with van der Waals surface area (Å²) < 4.78 is 27.9. The van der Waals surface area contributed by atoms with Crippen molar-refractivity contribution in [2.75, 3.05) is 30.3 Å². The summed E-state index contributed by atoms with van der Waals surface area (Å²) >= 11 is 0. The molecule has 2 rings (SSSR count). The minimum atomic E-state index is -3.92. The molecule has 0 fully saturated rings. The van der Waals surface area contributed by atoms with E-state index in [1.807, 2.05) is 13.0 Å². The number of nitrogens with one attached hydrogen (secondary N) is 1. The van der Waals surface area contributed by atoms with Gasteiger partial charge in [-0.25, -0.2) is 4.31 Å². The molecule has 0 spiro atoms. The molecule has 2 amide bonds. The highest BCUT2D eigenvalue weighted by Gasteiger charge is 2.28. The molecule has 0 radical (unpaired) electrons. The molecule has 0 atom stereocenters. The number of hydrogen-bond acceptors (Lipinski definition) is 4. The van der Waals surface area contributed by atoms with Gasteiger partial charge in [0.05, 0.1) is 5.69 Å². The van der Waals surface area contributed by atoms with E-state index < -0.39 is 28.6 Å². The molecule has 0 unspecified atom stereocenters. The number of carbonyl (C=O) groups is 2. The van der Waals surface area contributed by atoms with Gasteiger partial charge in [-0.15, -0.1) is 0 Å². The number of aryl methyl sites for hydroxylation is 2. The SMILES string of the molecule is Cc1ccc(C)c(N(CC(=O)Nc2cccc(C(N)=O)c2C)S(=O)(=O)N(C)C)c1. The number of nitrogens with two attached hydrogens (primary N) is 1. The van der Waals surface area contributed by atoms with Gasteiger partial charge < -0.3 is 11.1 Å². The van der Waals surface area contributed by atoms with Gasteiger partial charge in [0, 0.05) is 25.3 Å². The van der Waals surface area contributed by atoms with E-state index in [2.05, 4.69) is 5.32 Å². The van der Waals surface area contributed by atoms with Crippen LogP contribution in [0.2, 0.25) is 0 Å². The average molecular weight is 419 g/mol. The summed E-state index contributed by atoms with van der Waals surface area (Å²) in [6.07, 6.45) is 0. The van der Waals surface area contributed by atoms with Crippen LogP contribution in [0.5, 0.6) is 0 Å². The van der Waals surface area contributed by atoms with Gasteiger partial charge in [0.2, 0.25) is 11.8 Å². The molecule has 8 nitrogen and oxygen atoms in total. The fourth-order valence-electron chi connectivity index (χ4n) is 2.83. The summed E-state index contributed by atoms with van der Waals surface area (Å²) in [6, 6.07) is 10.2. The van der Waals surface area contributed by atoms with Crippen molar-refractivity contribution in [1.29, 1.82) is 0 Å². The molecule has 2 aromatic rings. The van der Waals surface area contributed by atoms with E-state index in [-0.39, 0.29) is 5.56 Å². The van der Waals surface area contributed by atoms with Gasteiger partial charge >= 0.3 is 10.2 Å². The second-order valence-corrected chi connectivity index (χ2v) is 9.04. The second-order valence-electron chi connectivity index (χ2n) is 6.98. The molecule has 3 N–H and O–H groups in total. The number of amides is 2. The molecule has 9 heteroatoms. The molecule has 156 valence electrons. The third-order valence-corrected chi connectivity index (χ3v) is 6.34. The number of nitrogens with zero attached hydrogens (tertiary/aromatic N) is 2. The largest absolute Gasteiger partial charge is 0.366 e. The third kappa shape index (κ3) is 4.93. The predicted molar refractivity (Wildman–Crippen MR) is 114 cm³/mol. The van der Waals surface area contributed by atoms with Crippen molar-refractivity contribution in [1.82, 2.24) is 4.31 Å². The fraction of sp³-hybridized carbons (Fsp3) is 0.300. The van der Waals surface area contributed by atoms with Crippen LogP contribution < -0.4 is 15.4 Å². The Morgan fingerprint density at radius 2 is 1.72 bits per heavy atom. The van der Waals surface area contributed by atoms with Crippen LogP contribution in [0.25, 0.3) is 0 Å². The normalized spacial score (nSPS) is 11.4. The maximum atomic E-state index is 12.9. The molecule has 2 aromatic carbocycles. The van der Waals surface area contributed by atoms with E-state index in [1.54, 1.807) is 44.2 Å². The lowest BCUT2D eigenvalue weighted by Gasteiger charge is -2.28. The van der Waals surface area contributed by atoms with E-state index in [4.69, 9.17) is 5.73 Å². The molecule has 0 aliphatic rings. The summed E-state index contributed by atoms with van der Waals surface area (Å²) in [5.41, 5.74) is 8.57. The van der Waals surface area contributed by atoms with Crippen molar-refractivity contribution in [2.45, 2.75) is 20.8 Å². The Hall–Kier alpha value is -2.91. The van der Waals surface area contributed by atoms with Gasteiger partial charge in [0.1, 0.15) is 6.54 Å². The molecule has 0 saturated carbocycles. The summed E-state index contributed by atoms with van der Waals surface area (Å²) in [5, 5.41) is 2.68. The number of carbonyl (C=O) groups excluding carboxylic acids is 2. The van der Waals surface area contributed by atoms with Crippen LogP contribution in [0, 0.1) is 20.8 Å². The van der Waals surface area contributed by atoms with E-state index in [0.717, 1.165) is 19.7 Å². The van der Waals surface area contributed by atoms with Crippen molar-refractivity contribution >= 4 is 33.4 Å². The van der Waals surface area contributed by atoms with Crippen molar-refractivity contribution in [3.05, 3.63) is 58.7 Å². The van der Waals surface area contributed by atoms with E-state index in [1.165, 1.54) is 14.1 Å². The Bertz CT molecular complexity index is 1050. The van der Waals surface area contributed by atoms with E-state index in [0.29, 0.717) is 16.9 Å². The quantitative estimate of drug-likeness (QED) is 0.716. The molecule has 0 aliphatic heterocycles. The number of primary amides is 1. The van der Waals surface area contributed by atoms with Crippen molar-refractivity contribution in [3.63, 3.8) is 0 Å². The maximum absolute atomic E-state index is 12.9. The lowest BCUT2D eigenvalue weighted by Crippen LogP contribution is -2.44. The molecule has 0 aromatic heterocycles. The van der Waals surface area contributed by atoms with Crippen molar-refractivity contribution in [3.8, 4) is 0 Å². The zero-order valence-electron chi connectivity index (χ0n) is 17.2. The minimum Gasteiger partial charge on any atom is -0.366 e. The number of anilines is 2. The minimum absolute atomic E-state index is 0.287. The molecule has 29 heavy (non-hydrogen) atoms. The molecule has 0 saturated heterocycles. The van der Waals surface area contributed by atoms with Crippen LogP contribution >= 0.6 is 0 Å². The van der Waals surface area contributed by atoms with Crippen LogP contribution in [0.15, 0.2) is 36.4 Å². The van der Waals surface area contributed by atoms with Gasteiger partial charge in [-0.2, -0.15) is 12.7 Å². The van der Waals surface area contributed by atoms with Crippen molar-refractivity contribution in [2.24, 2.45) is 5.73 Å². The Labute approximate surface area is 171 Å². The lowest BCUT2D eigenvalue weighted by atomic mass is 10.1. The highest BCUT2D eigenvalue weighted by atomic mass is 32.2. The highest BCUT2D eigenvalue weighted by molar-refractivity contribution is 7.90. The van der Waals surface area contributed by atoms with Crippen molar-refractivity contribution < 1.29 is 18.0 Å². The molecule has 0 bridgehead atoms. The summed E-state index contributed by atoms with van der Waals surface area (Å²) in [5.74, 6) is -1.15. The Balaban J connectivity index is 2.40. The average Bonchev–Trinajstić information content (AvgIpc) is 2.63. The van der Waals surface area contributed by atoms with Crippen LogP contribution in [0.3, 0.4) is 0 Å². The first-order valence-electron chi connectivity index (χ1n) is 8.92. The second kappa shape index (κ2) is 8.62. The Morgan fingerprint density at radius 3 is 2.31 bits per heavy atom. The van der Waals surface area contributed by atoms with Crippen LogP contribution in [-0.4, -0.2) is 45.2 Å². The maximum Gasteiger partial charge on any atom is 0.304 e. The first-order chi connectivity index (χ1) is 13.4. The molecule has 0 heterocycles. The van der Waals surface area contributed by atoms with Gasteiger partial charge in [-0.1, -0.05) is 18.2 Å². The van der Waals surface area contributed by atoms with Crippen LogP contribution in [-0.2, 0) is 15.0 Å². The van der Waals surface area contributed by atoms with Crippen LogP contribution in [0.1, 0.15) is 27.0 Å². The first-order valence-corrected chi connectivity index (χ1v) is 10.3. The smallest absolute Gasteiger partial charge is 0.304 e. The monoisotopic (exact) mass is 418 g/mol. The lowest BCUT2D eigenvalue weighted by molar-refractivity contribution is -0.114. The van der Waals surface area contributed by atoms with Crippen LogP contribution in [0.4, 0.5) is 11.4 Å². The molecular formula is C20H26N4O4S. The Kier molecular flexibility index (Phi) is 6.66. The third-order valence-electron chi connectivity index (χ3n) is 4.53. The predicted octanol–water partition coefficient (Wildman–Crippen LogP) is 1.96. The van der Waals surface area contributed by atoms with E-state index in [9.17, 15) is 18.0 Å². The molecule has 0 aliphatic carbocycles. The van der Waals surface area contributed by atoms with Gasteiger partial charge in [-0.05, 0) is 55.7 Å². The van der Waals surface area contributed by atoms with Gasteiger partial charge in [0.25, 0.3) is 0 Å². The summed E-state index contributed by atoms with van der Waals surface area (Å²) in [6.45, 7) is 4.87. The highest BCUT2D eigenvalue weighted by Crippen LogP contribution is 2.26. The topological polar surface area (TPSA) is 113 Å². The van der Waals surface area contributed by atoms with E-state index >= 15 is 0 Å². The fourth-order valence-corrected chi connectivity index (χ4v) is 3.95. The van der Waals surface area contributed by atoms with Gasteiger partial charge in [-0.3, -0.25) is 9.59 Å². The zero-order chi connectivity index (χ0) is 21.9. The zero-order valence-corrected chi connectivity index (χ0v) is 18.0. The number of benzene rings is 2. The summed E-state index contributed by atoms with van der Waals surface area (Å²) in [4.78, 5) is 24.3. The standard InChI is InChI=1S/C20H26N4O4S/c1-13-9-10-14(2)18(11-13)24(29(27,28)23(4)5)12-19(25)22-17-8-6-7-16(15(17)3)20(21)26/h6-11H,12H2,1-5H3,(H2,21,26)(H,22,25). The number of hydrogen-bond donors (Lipinski definition) is 2. The molecular weight excluding hydrogens is 392 g/mol. The summed E-state index contributed by atoms with van der Waals surface area (Å²) in [7, 11) is -1.10. The first kappa shape index (κ1) is 22.4. The number of rotatable bonds is 7. The Morgan fingerprint density at radius 1 is 1.07 bits per heavy atom. The van der Waals surface area contributed by atoms with Gasteiger partial charge in [0.15, 0.2) is 0 Å².